The Morgan fingerprint density at radius 2 is 1.97 bits per heavy atom. The Balaban J connectivity index is 1.38. The van der Waals surface area contributed by atoms with Gasteiger partial charge in [0, 0.05) is 22.7 Å². The minimum Gasteiger partial charge on any atom is -0.484 e. The van der Waals surface area contributed by atoms with Crippen molar-refractivity contribution in [2.75, 3.05) is 11.9 Å². The third-order valence-electron chi connectivity index (χ3n) is 6.14. The molecule has 31 heavy (non-hydrogen) atoms. The van der Waals surface area contributed by atoms with Gasteiger partial charge in [-0.2, -0.15) is 0 Å². The van der Waals surface area contributed by atoms with Crippen LogP contribution in [0.25, 0.3) is 0 Å². The number of aryl methyl sites for hydroxylation is 1. The molecule has 2 aromatic rings. The fourth-order valence-electron chi connectivity index (χ4n) is 4.77. The van der Waals surface area contributed by atoms with Crippen LogP contribution < -0.4 is 15.4 Å². The van der Waals surface area contributed by atoms with Crippen molar-refractivity contribution in [3.8, 4) is 18.1 Å². The number of hydrogen-bond donors (Lipinski definition) is 2. The molecule has 3 saturated carbocycles. The molecule has 160 valence electrons. The van der Waals surface area contributed by atoms with E-state index in [1.165, 1.54) is 17.7 Å². The minimum absolute atomic E-state index is 0.000844. The van der Waals surface area contributed by atoms with Crippen molar-refractivity contribution in [3.05, 3.63) is 58.4 Å². The van der Waals surface area contributed by atoms with Gasteiger partial charge in [0.05, 0.1) is 5.02 Å². The van der Waals surface area contributed by atoms with E-state index in [0.29, 0.717) is 0 Å². The molecule has 2 bridgehead atoms. The molecule has 0 radical (unpaired) electrons. The molecule has 0 spiro atoms. The zero-order valence-corrected chi connectivity index (χ0v) is 17.8. The number of hydrogen-bond acceptors (Lipinski definition) is 3. The smallest absolute Gasteiger partial charge is 0.300 e. The summed E-state index contributed by atoms with van der Waals surface area (Å²) in [7, 11) is 0. The van der Waals surface area contributed by atoms with Gasteiger partial charge < -0.3 is 15.4 Å². The first-order valence-electron chi connectivity index (χ1n) is 10.1. The molecule has 0 saturated heterocycles. The van der Waals surface area contributed by atoms with Crippen LogP contribution >= 0.6 is 11.6 Å². The lowest BCUT2D eigenvalue weighted by Crippen LogP contribution is -2.77. The Bertz CT molecular complexity index is 1090. The number of carbonyl (C=O) groups is 2. The van der Waals surface area contributed by atoms with Crippen molar-refractivity contribution in [1.82, 2.24) is 5.32 Å². The fourth-order valence-corrected chi connectivity index (χ4v) is 4.89. The SMILES string of the molecule is C#CC(=O)Nc1ccc(CC)cc1C12CC(NC(=O)COc3ccc(Cl)c(F)c3)(C1)C2. The van der Waals surface area contributed by atoms with Gasteiger partial charge in [-0.25, -0.2) is 4.39 Å². The quantitative estimate of drug-likeness (QED) is 0.640. The van der Waals surface area contributed by atoms with Gasteiger partial charge in [-0.05, 0) is 60.9 Å². The summed E-state index contributed by atoms with van der Waals surface area (Å²) in [6.07, 6.45) is 8.45. The molecule has 2 aromatic carbocycles. The van der Waals surface area contributed by atoms with Crippen LogP contribution in [0.4, 0.5) is 10.1 Å². The van der Waals surface area contributed by atoms with Crippen molar-refractivity contribution in [2.45, 2.75) is 43.6 Å². The van der Waals surface area contributed by atoms with E-state index in [-0.39, 0.29) is 34.2 Å². The maximum Gasteiger partial charge on any atom is 0.300 e. The van der Waals surface area contributed by atoms with Crippen molar-refractivity contribution in [2.24, 2.45) is 0 Å². The monoisotopic (exact) mass is 440 g/mol. The van der Waals surface area contributed by atoms with Crippen molar-refractivity contribution >= 4 is 29.1 Å². The molecule has 0 unspecified atom stereocenters. The maximum absolute atomic E-state index is 13.5. The highest BCUT2D eigenvalue weighted by Crippen LogP contribution is 2.68. The van der Waals surface area contributed by atoms with E-state index in [1.54, 1.807) is 0 Å². The molecule has 5 nitrogen and oxygen atoms in total. The second kappa shape index (κ2) is 7.90. The zero-order chi connectivity index (χ0) is 22.2. The van der Waals surface area contributed by atoms with E-state index in [0.717, 1.165) is 43.0 Å². The number of amides is 2. The van der Waals surface area contributed by atoms with Gasteiger partial charge in [0.25, 0.3) is 11.8 Å². The maximum atomic E-state index is 13.5. The lowest BCUT2D eigenvalue weighted by Gasteiger charge is -2.71. The molecule has 2 amide bonds. The standard InChI is InChI=1S/C24H22ClFN2O3/c1-3-15-5-8-20(27-21(29)4-2)17(9-15)23-12-24(13-23,14-23)28-22(30)11-31-16-6-7-18(25)19(26)10-16/h2,5-10H,3,11-14H2,1H3,(H,27,29)(H,28,30). The molecule has 3 aliphatic carbocycles. The number of carbonyl (C=O) groups excluding carboxylic acids is 2. The molecule has 5 rings (SSSR count). The van der Waals surface area contributed by atoms with Gasteiger partial charge >= 0.3 is 0 Å². The summed E-state index contributed by atoms with van der Waals surface area (Å²) >= 11 is 5.65. The molecule has 0 atom stereocenters. The number of nitrogens with one attached hydrogen (secondary N) is 2. The van der Waals surface area contributed by atoms with E-state index in [4.69, 9.17) is 22.8 Å². The first-order valence-corrected chi connectivity index (χ1v) is 10.5. The van der Waals surface area contributed by atoms with Gasteiger partial charge in [-0.1, -0.05) is 30.7 Å². The molecule has 0 aliphatic heterocycles. The first kappa shape index (κ1) is 21.2. The summed E-state index contributed by atoms with van der Waals surface area (Å²) in [6, 6.07) is 10.1. The van der Waals surface area contributed by atoms with Gasteiger partial charge in [-0.15, -0.1) is 6.42 Å². The molecule has 0 heterocycles. The van der Waals surface area contributed by atoms with Gasteiger partial charge in [-0.3, -0.25) is 9.59 Å². The second-order valence-electron chi connectivity index (χ2n) is 8.34. The number of anilines is 1. The van der Waals surface area contributed by atoms with Crippen LogP contribution in [0.15, 0.2) is 36.4 Å². The molecule has 3 fully saturated rings. The predicted molar refractivity (Wildman–Crippen MR) is 117 cm³/mol. The van der Waals surface area contributed by atoms with Gasteiger partial charge in [0.1, 0.15) is 11.6 Å². The van der Waals surface area contributed by atoms with Crippen LogP contribution in [0.1, 0.15) is 37.3 Å². The lowest BCUT2D eigenvalue weighted by atomic mass is 9.37. The van der Waals surface area contributed by atoms with Crippen LogP contribution in [0, 0.1) is 18.2 Å². The molecule has 2 N–H and O–H groups in total. The second-order valence-corrected chi connectivity index (χ2v) is 8.74. The highest BCUT2D eigenvalue weighted by molar-refractivity contribution is 6.30. The van der Waals surface area contributed by atoms with E-state index >= 15 is 0 Å². The number of benzene rings is 2. The Morgan fingerprint density at radius 3 is 2.61 bits per heavy atom. The Morgan fingerprint density at radius 1 is 1.23 bits per heavy atom. The number of rotatable bonds is 7. The average molecular weight is 441 g/mol. The van der Waals surface area contributed by atoms with Crippen LogP contribution in [0.2, 0.25) is 5.02 Å². The Labute approximate surface area is 185 Å². The van der Waals surface area contributed by atoms with Crippen LogP contribution in [0.3, 0.4) is 0 Å². The molecule has 3 aliphatic rings. The highest BCUT2D eigenvalue weighted by atomic mass is 35.5. The molecular formula is C24H22ClFN2O3. The highest BCUT2D eigenvalue weighted by Gasteiger charge is 2.69. The van der Waals surface area contributed by atoms with Crippen molar-refractivity contribution in [1.29, 1.82) is 0 Å². The summed E-state index contributed by atoms with van der Waals surface area (Å²) in [5.41, 5.74) is 2.64. The number of halogens is 2. The summed E-state index contributed by atoms with van der Waals surface area (Å²) in [6.45, 7) is 1.87. The van der Waals surface area contributed by atoms with Gasteiger partial charge in [0.15, 0.2) is 6.61 Å². The van der Waals surface area contributed by atoms with Crippen molar-refractivity contribution in [3.63, 3.8) is 0 Å². The summed E-state index contributed by atoms with van der Waals surface area (Å²) in [5, 5.41) is 5.84. The minimum atomic E-state index is -0.594. The molecular weight excluding hydrogens is 419 g/mol. The van der Waals surface area contributed by atoms with Gasteiger partial charge in [0.2, 0.25) is 0 Å². The fraction of sp³-hybridized carbons (Fsp3) is 0.333. The normalized spacial score (nSPS) is 23.0. The largest absolute Gasteiger partial charge is 0.484 e. The van der Waals surface area contributed by atoms with Crippen LogP contribution in [0.5, 0.6) is 5.75 Å². The predicted octanol–water partition coefficient (Wildman–Crippen LogP) is 3.98. The van der Waals surface area contributed by atoms with E-state index < -0.39 is 11.7 Å². The summed E-state index contributed by atoms with van der Waals surface area (Å²) in [5.74, 6) is 1.00. The third kappa shape index (κ3) is 3.98. The van der Waals surface area contributed by atoms with E-state index in [9.17, 15) is 14.0 Å². The average Bonchev–Trinajstić information content (AvgIpc) is 2.70. The molecule has 7 heteroatoms. The summed E-state index contributed by atoms with van der Waals surface area (Å²) in [4.78, 5) is 24.1. The third-order valence-corrected chi connectivity index (χ3v) is 6.45. The molecule has 0 aromatic heterocycles. The Hall–Kier alpha value is -3.04. The van der Waals surface area contributed by atoms with E-state index in [1.807, 2.05) is 12.1 Å². The topological polar surface area (TPSA) is 67.4 Å². The number of ether oxygens (including phenoxy) is 1. The number of terminal acetylenes is 1. The van der Waals surface area contributed by atoms with Crippen molar-refractivity contribution < 1.29 is 18.7 Å². The van der Waals surface area contributed by atoms with E-state index in [2.05, 4.69) is 29.5 Å². The van der Waals surface area contributed by atoms with Crippen LogP contribution in [-0.4, -0.2) is 24.0 Å². The zero-order valence-electron chi connectivity index (χ0n) is 17.1. The van der Waals surface area contributed by atoms with Crippen LogP contribution in [-0.2, 0) is 21.4 Å². The lowest BCUT2D eigenvalue weighted by molar-refractivity contribution is -0.139. The Kier molecular flexibility index (Phi) is 5.40. The first-order chi connectivity index (χ1) is 14.8. The summed E-state index contributed by atoms with van der Waals surface area (Å²) < 4.78 is 18.9.